The summed E-state index contributed by atoms with van der Waals surface area (Å²) in [7, 11) is 6.14. The third kappa shape index (κ3) is 1.67. The maximum atomic E-state index is 4.35. The van der Waals surface area contributed by atoms with Crippen LogP contribution in [0.4, 0.5) is 0 Å². The first-order valence-corrected chi connectivity index (χ1v) is 4.16. The molecule has 0 aliphatic carbocycles. The zero-order chi connectivity index (χ0) is 9.30. The average Bonchev–Trinajstić information content (AvgIpc) is 2.16. The van der Waals surface area contributed by atoms with Crippen LogP contribution >= 0.6 is 0 Å². The highest BCUT2D eigenvalue weighted by molar-refractivity contribution is 5.23. The lowest BCUT2D eigenvalue weighted by Crippen LogP contribution is -2.12. The van der Waals surface area contributed by atoms with E-state index < -0.39 is 0 Å². The SMILES string of the molecule is Cc1nn(C)c(C)c1CN(C)C. The lowest BCUT2D eigenvalue weighted by atomic mass is 10.2. The van der Waals surface area contributed by atoms with E-state index in [4.69, 9.17) is 0 Å². The molecule has 0 saturated carbocycles. The minimum Gasteiger partial charge on any atom is -0.305 e. The van der Waals surface area contributed by atoms with Gasteiger partial charge in [-0.25, -0.2) is 0 Å². The summed E-state index contributed by atoms with van der Waals surface area (Å²) in [5.41, 5.74) is 3.76. The Morgan fingerprint density at radius 1 is 1.33 bits per heavy atom. The number of aromatic nitrogens is 2. The Hall–Kier alpha value is -0.830. The van der Waals surface area contributed by atoms with Gasteiger partial charge in [-0.1, -0.05) is 0 Å². The second-order valence-corrected chi connectivity index (χ2v) is 3.51. The summed E-state index contributed by atoms with van der Waals surface area (Å²) in [5.74, 6) is 0. The fraction of sp³-hybridized carbons (Fsp3) is 0.667. The normalized spacial score (nSPS) is 11.2. The van der Waals surface area contributed by atoms with Crippen molar-refractivity contribution in [3.63, 3.8) is 0 Å². The highest BCUT2D eigenvalue weighted by Gasteiger charge is 2.08. The summed E-state index contributed by atoms with van der Waals surface area (Å²) >= 11 is 0. The molecule has 1 rings (SSSR count). The van der Waals surface area contributed by atoms with Crippen molar-refractivity contribution in [2.24, 2.45) is 7.05 Å². The molecule has 1 aromatic heterocycles. The zero-order valence-corrected chi connectivity index (χ0v) is 8.55. The van der Waals surface area contributed by atoms with E-state index in [1.54, 1.807) is 0 Å². The van der Waals surface area contributed by atoms with Crippen LogP contribution in [0.1, 0.15) is 17.0 Å². The molecule has 0 atom stereocenters. The van der Waals surface area contributed by atoms with Crippen molar-refractivity contribution < 1.29 is 0 Å². The summed E-state index contributed by atoms with van der Waals surface area (Å²) in [5, 5.41) is 4.35. The molecule has 1 aromatic rings. The zero-order valence-electron chi connectivity index (χ0n) is 8.55. The van der Waals surface area contributed by atoms with Crippen LogP contribution < -0.4 is 0 Å². The van der Waals surface area contributed by atoms with Crippen LogP contribution in [0, 0.1) is 13.8 Å². The van der Waals surface area contributed by atoms with E-state index >= 15 is 0 Å². The molecule has 68 valence electrons. The van der Waals surface area contributed by atoms with Crippen molar-refractivity contribution >= 4 is 0 Å². The molecule has 0 bridgehead atoms. The maximum absolute atomic E-state index is 4.35. The first kappa shape index (κ1) is 9.26. The molecule has 0 aliphatic rings. The van der Waals surface area contributed by atoms with Crippen LogP contribution in [-0.2, 0) is 13.6 Å². The topological polar surface area (TPSA) is 21.1 Å². The first-order valence-electron chi connectivity index (χ1n) is 4.16. The van der Waals surface area contributed by atoms with Gasteiger partial charge in [0.25, 0.3) is 0 Å². The van der Waals surface area contributed by atoms with Gasteiger partial charge in [0.1, 0.15) is 0 Å². The molecule has 0 fully saturated rings. The molecule has 3 heteroatoms. The van der Waals surface area contributed by atoms with E-state index in [0.717, 1.165) is 12.2 Å². The van der Waals surface area contributed by atoms with Gasteiger partial charge < -0.3 is 4.90 Å². The summed E-state index contributed by atoms with van der Waals surface area (Å²) in [6.07, 6.45) is 0. The van der Waals surface area contributed by atoms with Gasteiger partial charge in [-0.2, -0.15) is 5.10 Å². The molecule has 0 amide bonds. The highest BCUT2D eigenvalue weighted by atomic mass is 15.3. The van der Waals surface area contributed by atoms with Gasteiger partial charge in [-0.05, 0) is 27.9 Å². The van der Waals surface area contributed by atoms with Crippen molar-refractivity contribution in [3.8, 4) is 0 Å². The Labute approximate surface area is 74.0 Å². The number of nitrogens with zero attached hydrogens (tertiary/aromatic N) is 3. The van der Waals surface area contributed by atoms with E-state index in [2.05, 4.69) is 37.9 Å². The van der Waals surface area contributed by atoms with Crippen molar-refractivity contribution in [2.75, 3.05) is 14.1 Å². The number of aryl methyl sites for hydroxylation is 2. The maximum Gasteiger partial charge on any atom is 0.0641 e. The van der Waals surface area contributed by atoms with Crippen LogP contribution in [-0.4, -0.2) is 28.8 Å². The number of hydrogen-bond acceptors (Lipinski definition) is 2. The van der Waals surface area contributed by atoms with Gasteiger partial charge in [0, 0.05) is 24.8 Å². The molecular formula is C9H17N3. The lowest BCUT2D eigenvalue weighted by Gasteiger charge is -2.09. The van der Waals surface area contributed by atoms with Gasteiger partial charge >= 0.3 is 0 Å². The Bertz CT molecular complexity index is 274. The van der Waals surface area contributed by atoms with Crippen molar-refractivity contribution in [3.05, 3.63) is 17.0 Å². The molecule has 0 unspecified atom stereocenters. The first-order chi connectivity index (χ1) is 5.52. The molecule has 3 nitrogen and oxygen atoms in total. The Balaban J connectivity index is 2.97. The molecule has 0 aromatic carbocycles. The second-order valence-electron chi connectivity index (χ2n) is 3.51. The van der Waals surface area contributed by atoms with Crippen LogP contribution in [0.25, 0.3) is 0 Å². The van der Waals surface area contributed by atoms with Gasteiger partial charge in [0.2, 0.25) is 0 Å². The summed E-state index contributed by atoms with van der Waals surface area (Å²) in [6, 6.07) is 0. The van der Waals surface area contributed by atoms with Gasteiger partial charge in [0.05, 0.1) is 5.69 Å². The van der Waals surface area contributed by atoms with Crippen LogP contribution in [0.15, 0.2) is 0 Å². The molecule has 0 N–H and O–H groups in total. The minimum atomic E-state index is 0.978. The summed E-state index contributed by atoms with van der Waals surface area (Å²) < 4.78 is 1.94. The van der Waals surface area contributed by atoms with Gasteiger partial charge in [0.15, 0.2) is 0 Å². The lowest BCUT2D eigenvalue weighted by molar-refractivity contribution is 0.400. The predicted molar refractivity (Wildman–Crippen MR) is 50.1 cm³/mol. The Kier molecular flexibility index (Phi) is 2.52. The van der Waals surface area contributed by atoms with Gasteiger partial charge in [-0.3, -0.25) is 4.68 Å². The van der Waals surface area contributed by atoms with E-state index in [0.29, 0.717) is 0 Å². The van der Waals surface area contributed by atoms with E-state index in [9.17, 15) is 0 Å². The van der Waals surface area contributed by atoms with E-state index in [1.165, 1.54) is 11.3 Å². The monoisotopic (exact) mass is 167 g/mol. The van der Waals surface area contributed by atoms with Crippen molar-refractivity contribution in [1.29, 1.82) is 0 Å². The third-order valence-corrected chi connectivity index (χ3v) is 2.13. The fourth-order valence-electron chi connectivity index (χ4n) is 1.36. The minimum absolute atomic E-state index is 0.978. The second kappa shape index (κ2) is 3.27. The smallest absolute Gasteiger partial charge is 0.0641 e. The number of hydrogen-bond donors (Lipinski definition) is 0. The van der Waals surface area contributed by atoms with Crippen LogP contribution in [0.5, 0.6) is 0 Å². The fourth-order valence-corrected chi connectivity index (χ4v) is 1.36. The molecule has 12 heavy (non-hydrogen) atoms. The molecule has 0 radical (unpaired) electrons. The molecular weight excluding hydrogens is 150 g/mol. The van der Waals surface area contributed by atoms with E-state index in [1.807, 2.05) is 11.7 Å². The summed E-state index contributed by atoms with van der Waals surface area (Å²) in [4.78, 5) is 2.16. The van der Waals surface area contributed by atoms with Crippen molar-refractivity contribution in [1.82, 2.24) is 14.7 Å². The molecule has 0 aliphatic heterocycles. The largest absolute Gasteiger partial charge is 0.305 e. The Morgan fingerprint density at radius 2 is 1.92 bits per heavy atom. The highest BCUT2D eigenvalue weighted by Crippen LogP contribution is 2.12. The molecule has 0 spiro atoms. The molecule has 0 saturated heterocycles. The third-order valence-electron chi connectivity index (χ3n) is 2.13. The molecule has 1 heterocycles. The average molecular weight is 167 g/mol. The van der Waals surface area contributed by atoms with Gasteiger partial charge in [-0.15, -0.1) is 0 Å². The van der Waals surface area contributed by atoms with Crippen LogP contribution in [0.3, 0.4) is 0 Å². The Morgan fingerprint density at radius 3 is 2.25 bits per heavy atom. The quantitative estimate of drug-likeness (QED) is 0.657. The van der Waals surface area contributed by atoms with Crippen molar-refractivity contribution in [2.45, 2.75) is 20.4 Å². The van der Waals surface area contributed by atoms with Crippen LogP contribution in [0.2, 0.25) is 0 Å². The predicted octanol–water partition coefficient (Wildman–Crippen LogP) is 1.10. The van der Waals surface area contributed by atoms with E-state index in [-0.39, 0.29) is 0 Å². The number of rotatable bonds is 2. The summed E-state index contributed by atoms with van der Waals surface area (Å²) in [6.45, 7) is 5.15. The standard InChI is InChI=1S/C9H17N3/c1-7-9(6-11(3)4)8(2)12(5)10-7/h6H2,1-5H3.